The third kappa shape index (κ3) is 4.23. The van der Waals surface area contributed by atoms with Crippen molar-refractivity contribution in [1.29, 1.82) is 0 Å². The summed E-state index contributed by atoms with van der Waals surface area (Å²) in [5.41, 5.74) is 9.48. The first-order valence-corrected chi connectivity index (χ1v) is 8.42. The molecule has 0 unspecified atom stereocenters. The summed E-state index contributed by atoms with van der Waals surface area (Å²) in [6.45, 7) is 8.59. The highest BCUT2D eigenvalue weighted by Gasteiger charge is 2.21. The van der Waals surface area contributed by atoms with Gasteiger partial charge in [-0.1, -0.05) is 18.6 Å². The molecule has 0 atom stereocenters. The van der Waals surface area contributed by atoms with Crippen LogP contribution in [0.1, 0.15) is 36.8 Å². The number of carbonyl (C=O) groups excluding carboxylic acids is 1. The van der Waals surface area contributed by atoms with E-state index < -0.39 is 0 Å². The Balaban J connectivity index is 1.82. The lowest BCUT2D eigenvalue weighted by molar-refractivity contribution is -0.131. The van der Waals surface area contributed by atoms with E-state index in [1.807, 2.05) is 4.90 Å². The first kappa shape index (κ1) is 16.8. The molecule has 0 saturated carbocycles. The van der Waals surface area contributed by atoms with Crippen LogP contribution in [0.5, 0.6) is 0 Å². The maximum atomic E-state index is 12.2. The summed E-state index contributed by atoms with van der Waals surface area (Å²) in [7, 11) is 0. The van der Waals surface area contributed by atoms with E-state index >= 15 is 0 Å². The second-order valence-corrected chi connectivity index (χ2v) is 6.19. The van der Waals surface area contributed by atoms with Gasteiger partial charge in [0.1, 0.15) is 0 Å². The Morgan fingerprint density at radius 1 is 1.09 bits per heavy atom. The van der Waals surface area contributed by atoms with Gasteiger partial charge in [-0.25, -0.2) is 0 Å². The van der Waals surface area contributed by atoms with Gasteiger partial charge in [-0.2, -0.15) is 0 Å². The lowest BCUT2D eigenvalue weighted by Gasteiger charge is -2.37. The maximum absolute atomic E-state index is 12.2. The average Bonchev–Trinajstić information content (AvgIpc) is 2.54. The predicted molar refractivity (Wildman–Crippen MR) is 92.2 cm³/mol. The quantitative estimate of drug-likeness (QED) is 0.821. The summed E-state index contributed by atoms with van der Waals surface area (Å²) in [6.07, 6.45) is 3.72. The van der Waals surface area contributed by atoms with E-state index in [0.29, 0.717) is 12.3 Å². The number of unbranched alkanes of at least 4 members (excludes halogenated alkanes) is 2. The molecule has 1 fully saturated rings. The Morgan fingerprint density at radius 2 is 1.82 bits per heavy atom. The number of nitrogens with two attached hydrogens (primary N) is 1. The normalized spacial score (nSPS) is 15.2. The fourth-order valence-electron chi connectivity index (χ4n) is 3.03. The number of piperazine rings is 1. The van der Waals surface area contributed by atoms with Gasteiger partial charge in [-0.05, 0) is 50.4 Å². The molecule has 122 valence electrons. The maximum Gasteiger partial charge on any atom is 0.222 e. The van der Waals surface area contributed by atoms with Gasteiger partial charge in [0, 0.05) is 38.3 Å². The number of rotatable bonds is 6. The number of carbonyl (C=O) groups is 1. The third-order valence-corrected chi connectivity index (χ3v) is 4.64. The molecule has 0 spiro atoms. The van der Waals surface area contributed by atoms with Crippen LogP contribution in [0.3, 0.4) is 0 Å². The van der Waals surface area contributed by atoms with Crippen molar-refractivity contribution in [3.8, 4) is 0 Å². The van der Waals surface area contributed by atoms with Gasteiger partial charge in [0.15, 0.2) is 0 Å². The highest BCUT2D eigenvalue weighted by molar-refractivity contribution is 5.76. The fraction of sp³-hybridized carbons (Fsp3) is 0.611. The van der Waals surface area contributed by atoms with Crippen molar-refractivity contribution < 1.29 is 4.79 Å². The Kier molecular flexibility index (Phi) is 6.25. The van der Waals surface area contributed by atoms with Crippen LogP contribution < -0.4 is 10.6 Å². The molecule has 1 aromatic carbocycles. The highest BCUT2D eigenvalue weighted by Crippen LogP contribution is 2.24. The fourth-order valence-corrected chi connectivity index (χ4v) is 3.03. The van der Waals surface area contributed by atoms with Gasteiger partial charge in [0.2, 0.25) is 5.91 Å². The Labute approximate surface area is 134 Å². The number of amides is 1. The molecule has 2 N–H and O–H groups in total. The lowest BCUT2D eigenvalue weighted by atomic mass is 10.1. The molecular weight excluding hydrogens is 274 g/mol. The van der Waals surface area contributed by atoms with Crippen LogP contribution in [0.15, 0.2) is 18.2 Å². The zero-order valence-electron chi connectivity index (χ0n) is 14.0. The van der Waals surface area contributed by atoms with Gasteiger partial charge >= 0.3 is 0 Å². The van der Waals surface area contributed by atoms with Gasteiger partial charge in [0.25, 0.3) is 0 Å². The zero-order chi connectivity index (χ0) is 15.9. The highest BCUT2D eigenvalue weighted by atomic mass is 16.2. The van der Waals surface area contributed by atoms with Crippen LogP contribution in [-0.4, -0.2) is 43.5 Å². The molecule has 1 heterocycles. The van der Waals surface area contributed by atoms with Crippen molar-refractivity contribution in [2.24, 2.45) is 5.73 Å². The molecule has 1 saturated heterocycles. The molecule has 4 nitrogen and oxygen atoms in total. The number of anilines is 1. The molecule has 0 aliphatic carbocycles. The molecule has 2 rings (SSSR count). The smallest absolute Gasteiger partial charge is 0.222 e. The zero-order valence-corrected chi connectivity index (χ0v) is 14.0. The summed E-state index contributed by atoms with van der Waals surface area (Å²) in [4.78, 5) is 16.6. The van der Waals surface area contributed by atoms with E-state index in [9.17, 15) is 4.79 Å². The molecule has 0 aromatic heterocycles. The number of nitrogens with zero attached hydrogens (tertiary/aromatic N) is 2. The van der Waals surface area contributed by atoms with Crippen LogP contribution in [-0.2, 0) is 4.79 Å². The van der Waals surface area contributed by atoms with Crippen LogP contribution in [0, 0.1) is 13.8 Å². The van der Waals surface area contributed by atoms with Crippen molar-refractivity contribution in [2.75, 3.05) is 37.6 Å². The van der Waals surface area contributed by atoms with Gasteiger partial charge in [0.05, 0.1) is 0 Å². The second kappa shape index (κ2) is 8.18. The van der Waals surface area contributed by atoms with E-state index in [2.05, 4.69) is 36.9 Å². The molecule has 1 aliphatic heterocycles. The minimum Gasteiger partial charge on any atom is -0.368 e. The molecule has 1 aliphatic rings. The van der Waals surface area contributed by atoms with Crippen LogP contribution >= 0.6 is 0 Å². The van der Waals surface area contributed by atoms with Crippen molar-refractivity contribution in [3.63, 3.8) is 0 Å². The molecule has 22 heavy (non-hydrogen) atoms. The Bertz CT molecular complexity index is 493. The van der Waals surface area contributed by atoms with E-state index in [1.165, 1.54) is 16.8 Å². The van der Waals surface area contributed by atoms with Crippen LogP contribution in [0.25, 0.3) is 0 Å². The molecule has 1 aromatic rings. The molecule has 1 amide bonds. The molecule has 4 heteroatoms. The Hall–Kier alpha value is -1.55. The SMILES string of the molecule is Cc1cccc(N2CCN(C(=O)CCCCCN)CC2)c1C. The molecule has 0 radical (unpaired) electrons. The van der Waals surface area contributed by atoms with E-state index in [4.69, 9.17) is 5.73 Å². The number of hydrogen-bond donors (Lipinski definition) is 1. The van der Waals surface area contributed by atoms with Gasteiger partial charge < -0.3 is 15.5 Å². The monoisotopic (exact) mass is 303 g/mol. The largest absolute Gasteiger partial charge is 0.368 e. The summed E-state index contributed by atoms with van der Waals surface area (Å²) in [5, 5.41) is 0. The number of aryl methyl sites for hydroxylation is 1. The number of benzene rings is 1. The first-order valence-electron chi connectivity index (χ1n) is 8.42. The predicted octanol–water partition coefficient (Wildman–Crippen LogP) is 2.47. The van der Waals surface area contributed by atoms with Crippen molar-refractivity contribution in [2.45, 2.75) is 39.5 Å². The summed E-state index contributed by atoms with van der Waals surface area (Å²) >= 11 is 0. The average molecular weight is 303 g/mol. The molecular formula is C18H29N3O. The standard InChI is InChI=1S/C18H29N3O/c1-15-7-6-8-17(16(15)2)20-11-13-21(14-12-20)18(22)9-4-3-5-10-19/h6-8H,3-5,9-14,19H2,1-2H3. The summed E-state index contributed by atoms with van der Waals surface area (Å²) < 4.78 is 0. The third-order valence-electron chi connectivity index (χ3n) is 4.64. The van der Waals surface area contributed by atoms with Crippen molar-refractivity contribution in [1.82, 2.24) is 4.90 Å². The van der Waals surface area contributed by atoms with Crippen molar-refractivity contribution >= 4 is 11.6 Å². The molecule has 0 bridgehead atoms. The van der Waals surface area contributed by atoms with Crippen LogP contribution in [0.2, 0.25) is 0 Å². The minimum atomic E-state index is 0.303. The van der Waals surface area contributed by atoms with E-state index in [1.54, 1.807) is 0 Å². The Morgan fingerprint density at radius 3 is 2.50 bits per heavy atom. The van der Waals surface area contributed by atoms with E-state index in [0.717, 1.165) is 52.0 Å². The van der Waals surface area contributed by atoms with Gasteiger partial charge in [-0.3, -0.25) is 4.79 Å². The van der Waals surface area contributed by atoms with Crippen LogP contribution in [0.4, 0.5) is 5.69 Å². The van der Waals surface area contributed by atoms with Gasteiger partial charge in [-0.15, -0.1) is 0 Å². The summed E-state index contributed by atoms with van der Waals surface area (Å²) in [6, 6.07) is 6.46. The first-order chi connectivity index (χ1) is 10.6. The minimum absolute atomic E-state index is 0.303. The lowest BCUT2D eigenvalue weighted by Crippen LogP contribution is -2.49. The number of hydrogen-bond acceptors (Lipinski definition) is 3. The topological polar surface area (TPSA) is 49.6 Å². The van der Waals surface area contributed by atoms with E-state index in [-0.39, 0.29) is 0 Å². The van der Waals surface area contributed by atoms with Crippen molar-refractivity contribution in [3.05, 3.63) is 29.3 Å². The second-order valence-electron chi connectivity index (χ2n) is 6.19. The summed E-state index contributed by atoms with van der Waals surface area (Å²) in [5.74, 6) is 0.303.